The van der Waals surface area contributed by atoms with E-state index in [1.807, 2.05) is 24.2 Å². The van der Waals surface area contributed by atoms with Crippen molar-refractivity contribution in [2.24, 2.45) is 5.92 Å². The van der Waals surface area contributed by atoms with Gasteiger partial charge in [-0.2, -0.15) is 0 Å². The SMILES string of the molecule is COCc1ccc(C(=O)N2CCC[C@@H](Cn3ccnc3C)C2)o1. The minimum absolute atomic E-state index is 0.0283. The Bertz CT molecular complexity index is 662. The zero-order chi connectivity index (χ0) is 16.2. The Labute approximate surface area is 136 Å². The van der Waals surface area contributed by atoms with E-state index in [1.165, 1.54) is 0 Å². The van der Waals surface area contributed by atoms with Crippen molar-refractivity contribution in [1.82, 2.24) is 14.5 Å². The molecule has 2 aromatic rings. The molecule has 1 aliphatic rings. The fraction of sp³-hybridized carbons (Fsp3) is 0.529. The average molecular weight is 317 g/mol. The lowest BCUT2D eigenvalue weighted by Crippen LogP contribution is -2.41. The largest absolute Gasteiger partial charge is 0.453 e. The van der Waals surface area contributed by atoms with Crippen molar-refractivity contribution in [3.05, 3.63) is 41.9 Å². The number of rotatable bonds is 5. The fourth-order valence-electron chi connectivity index (χ4n) is 3.14. The summed E-state index contributed by atoms with van der Waals surface area (Å²) in [6.07, 6.45) is 5.98. The van der Waals surface area contributed by atoms with Gasteiger partial charge in [-0.1, -0.05) is 0 Å². The summed E-state index contributed by atoms with van der Waals surface area (Å²) in [5.74, 6) is 2.52. The first kappa shape index (κ1) is 15.8. The molecule has 0 saturated carbocycles. The highest BCUT2D eigenvalue weighted by Crippen LogP contribution is 2.21. The summed E-state index contributed by atoms with van der Waals surface area (Å²) >= 11 is 0. The van der Waals surface area contributed by atoms with Crippen molar-refractivity contribution in [3.63, 3.8) is 0 Å². The van der Waals surface area contributed by atoms with Gasteiger partial charge in [0.05, 0.1) is 0 Å². The molecule has 1 amide bonds. The van der Waals surface area contributed by atoms with Gasteiger partial charge in [0.15, 0.2) is 5.76 Å². The molecule has 3 rings (SSSR count). The molecule has 0 radical (unpaired) electrons. The molecule has 0 aliphatic carbocycles. The molecule has 0 N–H and O–H groups in total. The molecule has 6 nitrogen and oxygen atoms in total. The standard InChI is InChI=1S/C17H23N3O3/c1-13-18-7-9-19(13)10-14-4-3-8-20(11-14)17(21)16-6-5-15(23-16)12-22-2/h5-7,9,14H,3-4,8,10-12H2,1-2H3/t14-/m0/s1. The maximum absolute atomic E-state index is 12.6. The number of carbonyl (C=O) groups is 1. The van der Waals surface area contributed by atoms with Crippen LogP contribution in [-0.2, 0) is 17.9 Å². The van der Waals surface area contributed by atoms with Crippen LogP contribution in [0.2, 0.25) is 0 Å². The summed E-state index contributed by atoms with van der Waals surface area (Å²) < 4.78 is 12.7. The molecule has 1 fully saturated rings. The predicted octanol–water partition coefficient (Wildman–Crippen LogP) is 2.48. The number of carbonyl (C=O) groups excluding carboxylic acids is 1. The van der Waals surface area contributed by atoms with Crippen LogP contribution in [0.25, 0.3) is 0 Å². The molecule has 0 unspecified atom stereocenters. The Morgan fingerprint density at radius 2 is 2.35 bits per heavy atom. The van der Waals surface area contributed by atoms with Gasteiger partial charge in [0, 0.05) is 39.1 Å². The van der Waals surface area contributed by atoms with E-state index in [2.05, 4.69) is 9.55 Å². The summed E-state index contributed by atoms with van der Waals surface area (Å²) in [6, 6.07) is 3.54. The highest BCUT2D eigenvalue weighted by atomic mass is 16.5. The summed E-state index contributed by atoms with van der Waals surface area (Å²) in [6.45, 7) is 4.85. The quantitative estimate of drug-likeness (QED) is 0.850. The average Bonchev–Trinajstić information content (AvgIpc) is 3.17. The molecular formula is C17H23N3O3. The third-order valence-corrected chi connectivity index (χ3v) is 4.34. The number of hydrogen-bond donors (Lipinski definition) is 0. The van der Waals surface area contributed by atoms with Gasteiger partial charge in [-0.05, 0) is 37.8 Å². The zero-order valence-electron chi connectivity index (χ0n) is 13.7. The van der Waals surface area contributed by atoms with Crippen molar-refractivity contribution < 1.29 is 13.9 Å². The van der Waals surface area contributed by atoms with E-state index in [4.69, 9.17) is 9.15 Å². The molecule has 3 heterocycles. The topological polar surface area (TPSA) is 60.5 Å². The van der Waals surface area contributed by atoms with Gasteiger partial charge >= 0.3 is 0 Å². The van der Waals surface area contributed by atoms with E-state index in [-0.39, 0.29) is 5.91 Å². The van der Waals surface area contributed by atoms with Crippen molar-refractivity contribution in [3.8, 4) is 0 Å². The second-order valence-corrected chi connectivity index (χ2v) is 6.09. The normalized spacial score (nSPS) is 18.3. The van der Waals surface area contributed by atoms with E-state index < -0.39 is 0 Å². The monoisotopic (exact) mass is 317 g/mol. The van der Waals surface area contributed by atoms with Crippen LogP contribution in [0.15, 0.2) is 28.9 Å². The molecule has 1 aliphatic heterocycles. The summed E-state index contributed by atoms with van der Waals surface area (Å²) in [5.41, 5.74) is 0. The molecule has 2 aromatic heterocycles. The molecule has 0 bridgehead atoms. The number of nitrogens with zero attached hydrogens (tertiary/aromatic N) is 3. The molecule has 0 aromatic carbocycles. The number of piperidine rings is 1. The number of likely N-dealkylation sites (tertiary alicyclic amines) is 1. The molecule has 0 spiro atoms. The minimum atomic E-state index is -0.0283. The molecule has 1 atom stereocenters. The number of aryl methyl sites for hydroxylation is 1. The van der Waals surface area contributed by atoms with Gasteiger partial charge in [0.2, 0.25) is 0 Å². The minimum Gasteiger partial charge on any atom is -0.453 e. The third-order valence-electron chi connectivity index (χ3n) is 4.34. The first-order valence-electron chi connectivity index (χ1n) is 8.02. The Hall–Kier alpha value is -2.08. The predicted molar refractivity (Wildman–Crippen MR) is 85.0 cm³/mol. The third kappa shape index (κ3) is 3.64. The second kappa shape index (κ2) is 7.00. The fourth-order valence-corrected chi connectivity index (χ4v) is 3.14. The number of hydrogen-bond acceptors (Lipinski definition) is 4. The van der Waals surface area contributed by atoms with Crippen LogP contribution in [-0.4, -0.2) is 40.6 Å². The van der Waals surface area contributed by atoms with Gasteiger partial charge in [-0.25, -0.2) is 4.98 Å². The Morgan fingerprint density at radius 3 is 3.09 bits per heavy atom. The maximum Gasteiger partial charge on any atom is 0.289 e. The number of ether oxygens (including phenoxy) is 1. The van der Waals surface area contributed by atoms with E-state index in [9.17, 15) is 4.79 Å². The van der Waals surface area contributed by atoms with E-state index in [0.717, 1.165) is 38.3 Å². The molecule has 23 heavy (non-hydrogen) atoms. The van der Waals surface area contributed by atoms with Gasteiger partial charge in [0.1, 0.15) is 18.2 Å². The van der Waals surface area contributed by atoms with Crippen LogP contribution in [0, 0.1) is 12.8 Å². The molecule has 6 heteroatoms. The number of methoxy groups -OCH3 is 1. The lowest BCUT2D eigenvalue weighted by molar-refractivity contribution is 0.0623. The Balaban J connectivity index is 1.63. The summed E-state index contributed by atoms with van der Waals surface area (Å²) in [4.78, 5) is 18.8. The van der Waals surface area contributed by atoms with Crippen LogP contribution in [0.1, 0.15) is 35.0 Å². The van der Waals surface area contributed by atoms with Gasteiger partial charge in [0.25, 0.3) is 5.91 Å². The van der Waals surface area contributed by atoms with E-state index in [0.29, 0.717) is 24.0 Å². The molecule has 124 valence electrons. The first-order valence-corrected chi connectivity index (χ1v) is 8.02. The van der Waals surface area contributed by atoms with Gasteiger partial charge in [-0.15, -0.1) is 0 Å². The van der Waals surface area contributed by atoms with Crippen LogP contribution < -0.4 is 0 Å². The van der Waals surface area contributed by atoms with Crippen LogP contribution in [0.5, 0.6) is 0 Å². The van der Waals surface area contributed by atoms with Gasteiger partial charge in [-0.3, -0.25) is 4.79 Å². The van der Waals surface area contributed by atoms with Crippen LogP contribution in [0.3, 0.4) is 0 Å². The highest BCUT2D eigenvalue weighted by Gasteiger charge is 2.26. The van der Waals surface area contributed by atoms with E-state index in [1.54, 1.807) is 19.2 Å². The summed E-state index contributed by atoms with van der Waals surface area (Å²) in [7, 11) is 1.61. The number of furan rings is 1. The molecular weight excluding hydrogens is 294 g/mol. The van der Waals surface area contributed by atoms with Crippen molar-refractivity contribution >= 4 is 5.91 Å². The zero-order valence-corrected chi connectivity index (χ0v) is 13.7. The summed E-state index contributed by atoms with van der Waals surface area (Å²) in [5, 5.41) is 0. The van der Waals surface area contributed by atoms with Gasteiger partial charge < -0.3 is 18.6 Å². The van der Waals surface area contributed by atoms with Crippen LogP contribution in [0.4, 0.5) is 0 Å². The lowest BCUT2D eigenvalue weighted by Gasteiger charge is -2.32. The number of aromatic nitrogens is 2. The smallest absolute Gasteiger partial charge is 0.289 e. The Morgan fingerprint density at radius 1 is 1.48 bits per heavy atom. The van der Waals surface area contributed by atoms with Crippen molar-refractivity contribution in [2.75, 3.05) is 20.2 Å². The first-order chi connectivity index (χ1) is 11.2. The Kier molecular flexibility index (Phi) is 4.81. The number of amides is 1. The van der Waals surface area contributed by atoms with Crippen LogP contribution >= 0.6 is 0 Å². The van der Waals surface area contributed by atoms with E-state index >= 15 is 0 Å². The number of imidazole rings is 1. The lowest BCUT2D eigenvalue weighted by atomic mass is 9.97. The van der Waals surface area contributed by atoms with Crippen molar-refractivity contribution in [2.45, 2.75) is 32.9 Å². The van der Waals surface area contributed by atoms with Crippen molar-refractivity contribution in [1.29, 1.82) is 0 Å². The highest BCUT2D eigenvalue weighted by molar-refractivity contribution is 5.91. The molecule has 1 saturated heterocycles. The second-order valence-electron chi connectivity index (χ2n) is 6.09. The maximum atomic E-state index is 12.6.